The van der Waals surface area contributed by atoms with Crippen LogP contribution in [-0.4, -0.2) is 40.5 Å². The fourth-order valence-electron chi connectivity index (χ4n) is 3.84. The molecule has 1 atom stereocenters. The molecule has 0 saturated carbocycles. The maximum Gasteiger partial charge on any atom is 0.410 e. The van der Waals surface area contributed by atoms with Gasteiger partial charge in [-0.3, -0.25) is 4.79 Å². The number of halogens is 1. The Morgan fingerprint density at radius 1 is 1.35 bits per heavy atom. The molecule has 2 aliphatic rings. The van der Waals surface area contributed by atoms with E-state index in [9.17, 15) is 9.59 Å². The number of benzene rings is 1. The first-order valence-electron chi connectivity index (χ1n) is 9.28. The molecular formula is C20H27ClN2O3. The van der Waals surface area contributed by atoms with Crippen molar-refractivity contribution in [2.45, 2.75) is 65.1 Å². The first-order chi connectivity index (χ1) is 12.2. The lowest BCUT2D eigenvalue weighted by molar-refractivity contribution is -0.131. The van der Waals surface area contributed by atoms with Crippen molar-refractivity contribution in [3.8, 4) is 0 Å². The number of likely N-dealkylation sites (tertiary alicyclic amines) is 1. The highest BCUT2D eigenvalue weighted by molar-refractivity contribution is 6.30. The predicted octanol–water partition coefficient (Wildman–Crippen LogP) is 4.32. The van der Waals surface area contributed by atoms with Gasteiger partial charge in [-0.05, 0) is 69.4 Å². The molecule has 1 aromatic rings. The average Bonchev–Trinajstić information content (AvgIpc) is 3.02. The largest absolute Gasteiger partial charge is 0.444 e. The molecule has 0 radical (unpaired) electrons. The lowest BCUT2D eigenvalue weighted by atomic mass is 9.89. The van der Waals surface area contributed by atoms with Crippen molar-refractivity contribution in [1.29, 1.82) is 0 Å². The molecule has 26 heavy (non-hydrogen) atoms. The Labute approximate surface area is 160 Å². The Balaban J connectivity index is 1.95. The van der Waals surface area contributed by atoms with Crippen LogP contribution in [0.1, 0.15) is 63.3 Å². The van der Waals surface area contributed by atoms with Gasteiger partial charge in [0.15, 0.2) is 0 Å². The lowest BCUT2D eigenvalue weighted by Crippen LogP contribution is -2.39. The maximum atomic E-state index is 12.7. The monoisotopic (exact) mass is 378 g/mol. The van der Waals surface area contributed by atoms with E-state index in [0.29, 0.717) is 31.1 Å². The summed E-state index contributed by atoms with van der Waals surface area (Å²) in [5.41, 5.74) is 2.59. The highest BCUT2D eigenvalue weighted by Gasteiger charge is 2.36. The fraction of sp³-hybridized carbons (Fsp3) is 0.600. The molecule has 3 rings (SSSR count). The summed E-state index contributed by atoms with van der Waals surface area (Å²) in [5, 5.41) is 0.653. The summed E-state index contributed by atoms with van der Waals surface area (Å²) in [7, 11) is 0. The second-order valence-electron chi connectivity index (χ2n) is 8.05. The number of amides is 2. The van der Waals surface area contributed by atoms with E-state index in [1.807, 2.05) is 44.7 Å². The first-order valence-corrected chi connectivity index (χ1v) is 9.66. The number of hydrogen-bond donors (Lipinski definition) is 0. The van der Waals surface area contributed by atoms with Gasteiger partial charge in [0, 0.05) is 24.7 Å². The van der Waals surface area contributed by atoms with Gasteiger partial charge in [-0.25, -0.2) is 4.79 Å². The van der Waals surface area contributed by atoms with Crippen molar-refractivity contribution in [2.24, 2.45) is 0 Å². The Kier molecular flexibility index (Phi) is 5.20. The Morgan fingerprint density at radius 3 is 2.73 bits per heavy atom. The third-order valence-corrected chi connectivity index (χ3v) is 5.22. The summed E-state index contributed by atoms with van der Waals surface area (Å²) in [4.78, 5) is 28.7. The fourth-order valence-corrected chi connectivity index (χ4v) is 4.09. The van der Waals surface area contributed by atoms with Crippen molar-refractivity contribution in [3.05, 3.63) is 33.8 Å². The highest BCUT2D eigenvalue weighted by Crippen LogP contribution is 2.39. The van der Waals surface area contributed by atoms with Crippen LogP contribution < -0.4 is 0 Å². The molecule has 0 spiro atoms. The van der Waals surface area contributed by atoms with Gasteiger partial charge >= 0.3 is 6.09 Å². The molecule has 0 bridgehead atoms. The van der Waals surface area contributed by atoms with E-state index in [1.54, 1.807) is 4.90 Å². The second kappa shape index (κ2) is 7.10. The molecule has 5 nitrogen and oxygen atoms in total. The molecule has 0 aromatic heterocycles. The summed E-state index contributed by atoms with van der Waals surface area (Å²) >= 11 is 6.38. The summed E-state index contributed by atoms with van der Waals surface area (Å²) in [5.74, 6) is 0.130. The van der Waals surface area contributed by atoms with Crippen LogP contribution in [-0.2, 0) is 22.5 Å². The number of ether oxygens (including phenoxy) is 1. The third-order valence-electron chi connectivity index (χ3n) is 5.01. The van der Waals surface area contributed by atoms with Crippen LogP contribution in [0.2, 0.25) is 5.02 Å². The van der Waals surface area contributed by atoms with E-state index in [1.165, 1.54) is 0 Å². The molecule has 1 unspecified atom stereocenters. The summed E-state index contributed by atoms with van der Waals surface area (Å²) in [6.07, 6.45) is 1.85. The van der Waals surface area contributed by atoms with Gasteiger partial charge in [0.25, 0.3) is 0 Å². The Hall–Kier alpha value is -1.75. The summed E-state index contributed by atoms with van der Waals surface area (Å²) < 4.78 is 5.58. The van der Waals surface area contributed by atoms with E-state index >= 15 is 0 Å². The number of likely N-dealkylation sites (N-methyl/N-ethyl adjacent to an activating group) is 1. The molecule has 142 valence electrons. The van der Waals surface area contributed by atoms with Gasteiger partial charge in [0.2, 0.25) is 5.91 Å². The Morgan fingerprint density at radius 2 is 2.08 bits per heavy atom. The molecule has 1 aromatic carbocycles. The zero-order valence-electron chi connectivity index (χ0n) is 16.0. The normalized spacial score (nSPS) is 20.3. The number of fused-ring (bicyclic) bond motifs is 1. The molecular weight excluding hydrogens is 352 g/mol. The summed E-state index contributed by atoms with van der Waals surface area (Å²) in [6.45, 7) is 9.52. The van der Waals surface area contributed by atoms with Crippen molar-refractivity contribution < 1.29 is 14.3 Å². The molecule has 2 amide bonds. The number of nitrogens with zero attached hydrogens (tertiary/aromatic N) is 2. The highest BCUT2D eigenvalue weighted by atomic mass is 35.5. The van der Waals surface area contributed by atoms with Gasteiger partial charge in [-0.1, -0.05) is 11.6 Å². The topological polar surface area (TPSA) is 49.9 Å². The second-order valence-corrected chi connectivity index (χ2v) is 8.49. The van der Waals surface area contributed by atoms with Crippen LogP contribution >= 0.6 is 11.6 Å². The van der Waals surface area contributed by atoms with Gasteiger partial charge in [0.05, 0.1) is 12.5 Å². The quantitative estimate of drug-likeness (QED) is 0.770. The van der Waals surface area contributed by atoms with Crippen molar-refractivity contribution in [3.63, 3.8) is 0 Å². The molecule has 2 heterocycles. The zero-order chi connectivity index (χ0) is 19.1. The zero-order valence-corrected chi connectivity index (χ0v) is 16.7. The van der Waals surface area contributed by atoms with Gasteiger partial charge < -0.3 is 14.5 Å². The van der Waals surface area contributed by atoms with Crippen LogP contribution in [0, 0.1) is 0 Å². The van der Waals surface area contributed by atoms with Gasteiger partial charge in [0.1, 0.15) is 5.60 Å². The molecule has 6 heteroatoms. The van der Waals surface area contributed by atoms with E-state index in [4.69, 9.17) is 16.3 Å². The van der Waals surface area contributed by atoms with Crippen LogP contribution in [0.3, 0.4) is 0 Å². The number of carbonyl (C=O) groups is 2. The SMILES string of the molecule is CCN1Cc2cc(Cl)cc(C3CCCN3C(=O)OC(C)(C)C)c2CC1=O. The average molecular weight is 379 g/mol. The smallest absolute Gasteiger partial charge is 0.410 e. The van der Waals surface area contributed by atoms with E-state index in [2.05, 4.69) is 0 Å². The number of carbonyl (C=O) groups excluding carboxylic acids is 2. The third kappa shape index (κ3) is 3.83. The molecule has 1 saturated heterocycles. The molecule has 2 aliphatic heterocycles. The van der Waals surface area contributed by atoms with Crippen molar-refractivity contribution >= 4 is 23.6 Å². The van der Waals surface area contributed by atoms with E-state index in [-0.39, 0.29) is 18.0 Å². The van der Waals surface area contributed by atoms with Crippen LogP contribution in [0.5, 0.6) is 0 Å². The molecule has 0 aliphatic carbocycles. The van der Waals surface area contributed by atoms with Gasteiger partial charge in [-0.2, -0.15) is 0 Å². The maximum absolute atomic E-state index is 12.7. The van der Waals surface area contributed by atoms with Crippen LogP contribution in [0.15, 0.2) is 12.1 Å². The minimum Gasteiger partial charge on any atom is -0.444 e. The minimum absolute atomic E-state index is 0.0849. The Bertz CT molecular complexity index is 727. The van der Waals surface area contributed by atoms with Crippen molar-refractivity contribution in [1.82, 2.24) is 9.80 Å². The van der Waals surface area contributed by atoms with E-state index < -0.39 is 5.60 Å². The molecule has 0 N–H and O–H groups in total. The minimum atomic E-state index is -0.532. The number of hydrogen-bond acceptors (Lipinski definition) is 3. The first kappa shape index (κ1) is 19.0. The molecule has 1 fully saturated rings. The standard InChI is InChI=1S/C20H27ClN2O3/c1-5-22-12-13-9-14(21)10-16(15(13)11-18(22)24)17-7-6-8-23(17)19(25)26-20(2,3)4/h9-10,17H,5-8,11-12H2,1-4H3. The lowest BCUT2D eigenvalue weighted by Gasteiger charge is -2.33. The summed E-state index contributed by atoms with van der Waals surface area (Å²) in [6, 6.07) is 3.78. The predicted molar refractivity (Wildman–Crippen MR) is 101 cm³/mol. The number of rotatable bonds is 2. The van der Waals surface area contributed by atoms with Crippen LogP contribution in [0.4, 0.5) is 4.79 Å². The van der Waals surface area contributed by atoms with Crippen LogP contribution in [0.25, 0.3) is 0 Å². The van der Waals surface area contributed by atoms with Crippen molar-refractivity contribution in [2.75, 3.05) is 13.1 Å². The van der Waals surface area contributed by atoms with E-state index in [0.717, 1.165) is 29.5 Å². The van der Waals surface area contributed by atoms with Gasteiger partial charge in [-0.15, -0.1) is 0 Å².